The van der Waals surface area contributed by atoms with Crippen LogP contribution in [0.25, 0.3) is 10.2 Å². The van der Waals surface area contributed by atoms with Crippen molar-refractivity contribution in [3.05, 3.63) is 16.8 Å². The van der Waals surface area contributed by atoms with E-state index in [1.54, 1.807) is 6.33 Å². The average molecular weight is 303 g/mol. The van der Waals surface area contributed by atoms with E-state index >= 15 is 0 Å². The molecule has 0 saturated carbocycles. The van der Waals surface area contributed by atoms with Crippen LogP contribution in [-0.4, -0.2) is 54.6 Å². The standard InChI is InChI=1S/C15H21N5S/c1-19-6-4-10(8-19)20(2)14-13-11-3-5-16-7-12(11)21-15(13)18-9-17-14/h9-10,16H,3-8H2,1-2H3/t10-/m0/s1. The van der Waals surface area contributed by atoms with Crippen molar-refractivity contribution in [3.8, 4) is 0 Å². The lowest BCUT2D eigenvalue weighted by Gasteiger charge is -2.26. The molecule has 6 heteroatoms. The summed E-state index contributed by atoms with van der Waals surface area (Å²) in [5.74, 6) is 1.12. The Kier molecular flexibility index (Phi) is 3.32. The van der Waals surface area contributed by atoms with Crippen LogP contribution in [0.15, 0.2) is 6.33 Å². The highest BCUT2D eigenvalue weighted by Crippen LogP contribution is 2.37. The van der Waals surface area contributed by atoms with Gasteiger partial charge in [-0.05, 0) is 38.5 Å². The zero-order valence-electron chi connectivity index (χ0n) is 12.6. The SMILES string of the molecule is CN1CC[C@H](N(C)c2ncnc3sc4c(c23)CCNC4)C1. The summed E-state index contributed by atoms with van der Waals surface area (Å²) in [4.78, 5) is 16.5. The molecule has 112 valence electrons. The van der Waals surface area contributed by atoms with Crippen molar-refractivity contribution in [1.82, 2.24) is 20.2 Å². The molecule has 4 rings (SSSR count). The van der Waals surface area contributed by atoms with Crippen LogP contribution in [0.3, 0.4) is 0 Å². The first-order chi connectivity index (χ1) is 10.2. The van der Waals surface area contributed by atoms with Crippen molar-refractivity contribution in [2.75, 3.05) is 38.6 Å². The molecule has 0 unspecified atom stereocenters. The first-order valence-corrected chi connectivity index (χ1v) is 8.43. The van der Waals surface area contributed by atoms with Gasteiger partial charge >= 0.3 is 0 Å². The Balaban J connectivity index is 1.79. The molecule has 0 amide bonds. The normalized spacial score (nSPS) is 22.7. The third-order valence-corrected chi connectivity index (χ3v) is 5.88. The number of rotatable bonds is 2. The summed E-state index contributed by atoms with van der Waals surface area (Å²) in [6.07, 6.45) is 4.03. The Labute approximate surface area is 129 Å². The highest BCUT2D eigenvalue weighted by molar-refractivity contribution is 7.19. The van der Waals surface area contributed by atoms with Gasteiger partial charge in [0, 0.05) is 31.1 Å². The summed E-state index contributed by atoms with van der Waals surface area (Å²) in [5, 5.41) is 4.76. The number of nitrogens with one attached hydrogen (secondary N) is 1. The van der Waals surface area contributed by atoms with Crippen LogP contribution in [0.2, 0.25) is 0 Å². The van der Waals surface area contributed by atoms with Crippen LogP contribution in [0.1, 0.15) is 16.9 Å². The largest absolute Gasteiger partial charge is 0.355 e. The van der Waals surface area contributed by atoms with Crippen LogP contribution in [-0.2, 0) is 13.0 Å². The first kappa shape index (κ1) is 13.4. The lowest BCUT2D eigenvalue weighted by atomic mass is 10.1. The third-order valence-electron chi connectivity index (χ3n) is 4.74. The van der Waals surface area contributed by atoms with Gasteiger partial charge in [-0.25, -0.2) is 9.97 Å². The molecule has 1 saturated heterocycles. The Morgan fingerprint density at radius 3 is 3.14 bits per heavy atom. The Bertz CT molecular complexity index is 667. The van der Waals surface area contributed by atoms with Crippen molar-refractivity contribution < 1.29 is 0 Å². The van der Waals surface area contributed by atoms with E-state index in [0.29, 0.717) is 6.04 Å². The lowest BCUT2D eigenvalue weighted by Crippen LogP contribution is -2.34. The zero-order chi connectivity index (χ0) is 14.4. The fourth-order valence-corrected chi connectivity index (χ4v) is 4.66. The number of likely N-dealkylation sites (N-methyl/N-ethyl adjacent to an activating group) is 2. The smallest absolute Gasteiger partial charge is 0.141 e. The molecule has 0 bridgehead atoms. The van der Waals surface area contributed by atoms with E-state index < -0.39 is 0 Å². The average Bonchev–Trinajstić information content (AvgIpc) is 3.09. The molecule has 1 fully saturated rings. The number of thiophene rings is 1. The van der Waals surface area contributed by atoms with Gasteiger partial charge in [0.05, 0.1) is 5.39 Å². The number of hydrogen-bond donors (Lipinski definition) is 1. The fourth-order valence-electron chi connectivity index (χ4n) is 3.51. The monoisotopic (exact) mass is 303 g/mol. The van der Waals surface area contributed by atoms with E-state index in [2.05, 4.69) is 39.2 Å². The Morgan fingerprint density at radius 1 is 1.43 bits per heavy atom. The fraction of sp³-hybridized carbons (Fsp3) is 0.600. The number of aromatic nitrogens is 2. The molecule has 2 aromatic rings. The minimum absolute atomic E-state index is 0.561. The molecule has 0 aromatic carbocycles. The number of anilines is 1. The van der Waals surface area contributed by atoms with Crippen LogP contribution in [0.4, 0.5) is 5.82 Å². The maximum atomic E-state index is 4.64. The summed E-state index contributed by atoms with van der Waals surface area (Å²) in [5.41, 5.74) is 1.47. The number of nitrogens with zero attached hydrogens (tertiary/aromatic N) is 4. The highest BCUT2D eigenvalue weighted by atomic mass is 32.1. The quantitative estimate of drug-likeness (QED) is 0.910. The van der Waals surface area contributed by atoms with Gasteiger partial charge in [-0.3, -0.25) is 0 Å². The topological polar surface area (TPSA) is 44.3 Å². The molecule has 0 spiro atoms. The molecule has 21 heavy (non-hydrogen) atoms. The van der Waals surface area contributed by atoms with Crippen LogP contribution in [0.5, 0.6) is 0 Å². The van der Waals surface area contributed by atoms with Crippen molar-refractivity contribution in [3.63, 3.8) is 0 Å². The molecule has 2 aliphatic heterocycles. The molecule has 2 aromatic heterocycles. The molecule has 0 radical (unpaired) electrons. The van der Waals surface area contributed by atoms with Crippen LogP contribution < -0.4 is 10.2 Å². The molecule has 5 nitrogen and oxygen atoms in total. The molecule has 4 heterocycles. The second-order valence-corrected chi connectivity index (χ2v) is 7.21. The third kappa shape index (κ3) is 2.22. The second-order valence-electron chi connectivity index (χ2n) is 6.12. The minimum Gasteiger partial charge on any atom is -0.355 e. The van der Waals surface area contributed by atoms with Crippen molar-refractivity contribution in [1.29, 1.82) is 0 Å². The number of fused-ring (bicyclic) bond motifs is 3. The Hall–Kier alpha value is -1.24. The molecular formula is C15H21N5S. The molecular weight excluding hydrogens is 282 g/mol. The van der Waals surface area contributed by atoms with Gasteiger partial charge in [0.2, 0.25) is 0 Å². The van der Waals surface area contributed by atoms with Gasteiger partial charge in [-0.1, -0.05) is 0 Å². The van der Waals surface area contributed by atoms with Gasteiger partial charge in [-0.15, -0.1) is 11.3 Å². The maximum Gasteiger partial charge on any atom is 0.141 e. The second kappa shape index (κ2) is 5.19. The minimum atomic E-state index is 0.561. The van der Waals surface area contributed by atoms with E-state index in [1.807, 2.05) is 11.3 Å². The molecule has 1 N–H and O–H groups in total. The lowest BCUT2D eigenvalue weighted by molar-refractivity contribution is 0.409. The maximum absolute atomic E-state index is 4.64. The van der Waals surface area contributed by atoms with Crippen molar-refractivity contribution in [2.45, 2.75) is 25.4 Å². The highest BCUT2D eigenvalue weighted by Gasteiger charge is 2.27. The van der Waals surface area contributed by atoms with Gasteiger partial charge in [-0.2, -0.15) is 0 Å². The predicted molar refractivity (Wildman–Crippen MR) is 87.1 cm³/mol. The first-order valence-electron chi connectivity index (χ1n) is 7.61. The van der Waals surface area contributed by atoms with E-state index in [0.717, 1.165) is 36.7 Å². The zero-order valence-corrected chi connectivity index (χ0v) is 13.4. The summed E-state index contributed by atoms with van der Waals surface area (Å²) >= 11 is 1.82. The van der Waals surface area contributed by atoms with Gasteiger partial charge in [0.25, 0.3) is 0 Å². The van der Waals surface area contributed by atoms with E-state index in [9.17, 15) is 0 Å². The summed E-state index contributed by atoms with van der Waals surface area (Å²) in [6, 6.07) is 0.561. The predicted octanol–water partition coefficient (Wildman–Crippen LogP) is 1.48. The van der Waals surface area contributed by atoms with Crippen molar-refractivity contribution >= 4 is 27.4 Å². The Morgan fingerprint density at radius 2 is 2.33 bits per heavy atom. The summed E-state index contributed by atoms with van der Waals surface area (Å²) in [7, 11) is 4.39. The van der Waals surface area contributed by atoms with Gasteiger partial charge in [0.1, 0.15) is 17.0 Å². The van der Waals surface area contributed by atoms with E-state index in [4.69, 9.17) is 0 Å². The number of likely N-dealkylation sites (tertiary alicyclic amines) is 1. The van der Waals surface area contributed by atoms with Crippen LogP contribution >= 0.6 is 11.3 Å². The summed E-state index contributed by atoms with van der Waals surface area (Å²) < 4.78 is 0. The van der Waals surface area contributed by atoms with Gasteiger partial charge < -0.3 is 15.1 Å². The van der Waals surface area contributed by atoms with Gasteiger partial charge in [0.15, 0.2) is 0 Å². The van der Waals surface area contributed by atoms with Crippen LogP contribution in [0, 0.1) is 0 Å². The molecule has 0 aliphatic carbocycles. The molecule has 2 aliphatic rings. The molecule has 1 atom stereocenters. The summed E-state index contributed by atoms with van der Waals surface area (Å²) in [6.45, 7) is 4.33. The number of hydrogen-bond acceptors (Lipinski definition) is 6. The van der Waals surface area contributed by atoms with E-state index in [1.165, 1.54) is 28.8 Å². The van der Waals surface area contributed by atoms with E-state index in [-0.39, 0.29) is 0 Å². The van der Waals surface area contributed by atoms with Crippen molar-refractivity contribution in [2.24, 2.45) is 0 Å².